The molecule has 1 aromatic heterocycles. The summed E-state index contributed by atoms with van der Waals surface area (Å²) < 4.78 is 9.58. The third-order valence-electron chi connectivity index (χ3n) is 4.24. The zero-order valence-corrected chi connectivity index (χ0v) is 18.8. The van der Waals surface area contributed by atoms with Gasteiger partial charge in [-0.2, -0.15) is 5.10 Å². The molecule has 2 N–H and O–H groups in total. The Labute approximate surface area is 191 Å². The first-order valence-corrected chi connectivity index (χ1v) is 10.4. The van der Waals surface area contributed by atoms with Gasteiger partial charge in [-0.05, 0) is 12.5 Å². The topological polar surface area (TPSA) is 179 Å². The summed E-state index contributed by atoms with van der Waals surface area (Å²) in [6.45, 7) is 2.28. The number of nitro benzene ring substituents is 1. The molecule has 0 aliphatic carbocycles. The summed E-state index contributed by atoms with van der Waals surface area (Å²) in [5.74, 6) is -6.84. The first-order valence-electron chi connectivity index (χ1n) is 9.60. The molecule has 0 saturated heterocycles. The maximum Gasteiger partial charge on any atom is 0.355 e. The lowest BCUT2D eigenvalue weighted by Crippen LogP contribution is -2.43. The second-order valence-electron chi connectivity index (χ2n) is 6.45. The van der Waals surface area contributed by atoms with Crippen LogP contribution in [0.3, 0.4) is 0 Å². The smallest absolute Gasteiger partial charge is 0.355 e. The fraction of sp³-hybridized carbons (Fsp3) is 0.368. The van der Waals surface area contributed by atoms with Crippen LogP contribution in [-0.4, -0.2) is 60.0 Å². The monoisotopic (exact) mass is 479 g/mol. The van der Waals surface area contributed by atoms with E-state index in [9.17, 15) is 29.3 Å². The van der Waals surface area contributed by atoms with Gasteiger partial charge in [-0.15, -0.1) is 0 Å². The van der Waals surface area contributed by atoms with Gasteiger partial charge in [0.1, 0.15) is 0 Å². The molecule has 1 atom stereocenters. The number of rotatable bonds is 11. The summed E-state index contributed by atoms with van der Waals surface area (Å²) >= 11 is 0.889. The number of ketones is 1. The number of Topliss-reactive ketones (excluding diaryl/α,β-unsaturated/α-hetero) is 1. The van der Waals surface area contributed by atoms with Crippen LogP contribution in [0.4, 0.5) is 10.8 Å². The summed E-state index contributed by atoms with van der Waals surface area (Å²) in [7, 11) is 2.02. The number of thiazole rings is 1. The van der Waals surface area contributed by atoms with Gasteiger partial charge in [-0.25, -0.2) is 9.78 Å². The number of nitrogens with one attached hydrogen (secondary N) is 2. The average Bonchev–Trinajstić information content (AvgIpc) is 3.21. The molecule has 176 valence electrons. The van der Waals surface area contributed by atoms with Crippen molar-refractivity contribution in [1.29, 1.82) is 0 Å². The number of ether oxygens (including phenoxy) is 2. The van der Waals surface area contributed by atoms with Gasteiger partial charge < -0.3 is 14.9 Å². The number of amides is 1. The minimum absolute atomic E-state index is 0.0370. The fourth-order valence-electron chi connectivity index (χ4n) is 2.56. The predicted molar refractivity (Wildman–Crippen MR) is 118 cm³/mol. The van der Waals surface area contributed by atoms with Crippen molar-refractivity contribution in [3.63, 3.8) is 0 Å². The van der Waals surface area contributed by atoms with Crippen molar-refractivity contribution in [3.8, 4) is 0 Å². The number of nitrogens with zero attached hydrogens (tertiary/aromatic N) is 3. The Kier molecular flexibility index (Phi) is 8.91. The van der Waals surface area contributed by atoms with Gasteiger partial charge in [0, 0.05) is 18.7 Å². The van der Waals surface area contributed by atoms with E-state index in [0.29, 0.717) is 23.2 Å². The highest BCUT2D eigenvalue weighted by Crippen LogP contribution is 2.29. The largest absolute Gasteiger partial charge is 0.468 e. The number of hydrogen-bond donors (Lipinski definition) is 2. The molecule has 0 aliphatic rings. The molecular formula is C19H21N5O8S. The number of fused-ring (bicyclic) bond motifs is 1. The quantitative estimate of drug-likeness (QED) is 0.0910. The Morgan fingerprint density at radius 1 is 1.24 bits per heavy atom. The maximum atomic E-state index is 12.8. The van der Waals surface area contributed by atoms with Crippen LogP contribution in [0, 0.1) is 16.0 Å². The molecule has 2 rings (SSSR count). The van der Waals surface area contributed by atoms with Gasteiger partial charge in [0.15, 0.2) is 16.8 Å². The molecule has 0 spiro atoms. The third kappa shape index (κ3) is 6.29. The minimum atomic E-state index is -1.98. The molecule has 0 radical (unpaired) electrons. The lowest BCUT2D eigenvalue weighted by molar-refractivity contribution is -0.384. The molecule has 33 heavy (non-hydrogen) atoms. The Balaban J connectivity index is 2.31. The molecule has 0 aliphatic heterocycles. The first kappa shape index (κ1) is 25.3. The van der Waals surface area contributed by atoms with E-state index in [4.69, 9.17) is 0 Å². The number of non-ortho nitro benzene ring substituents is 1. The number of esters is 2. The van der Waals surface area contributed by atoms with E-state index in [1.807, 2.05) is 6.92 Å². The second-order valence-corrected chi connectivity index (χ2v) is 7.48. The predicted octanol–water partition coefficient (Wildman–Crippen LogP) is 1.42. The van der Waals surface area contributed by atoms with Gasteiger partial charge >= 0.3 is 11.9 Å². The standard InChI is InChI=1S/C19H21N5O8S/c1-4-5-8-20-23-14(18(28)32-3)13(17(27)31-2)15(25)16(26)22-19-21-11-7-6-10(24(29)30)9-12(11)33-19/h6-7,9,13,20H,4-5,8H2,1-3H3,(H,21,22,26)/b23-14+. The highest BCUT2D eigenvalue weighted by Gasteiger charge is 2.41. The number of carbonyl (C=O) groups is 4. The van der Waals surface area contributed by atoms with Crippen LogP contribution < -0.4 is 10.7 Å². The summed E-state index contributed by atoms with van der Waals surface area (Å²) in [6, 6.07) is 3.91. The molecule has 0 fully saturated rings. The Morgan fingerprint density at radius 3 is 2.58 bits per heavy atom. The van der Waals surface area contributed by atoms with Crippen LogP contribution >= 0.6 is 11.3 Å². The van der Waals surface area contributed by atoms with Crippen molar-refractivity contribution in [2.45, 2.75) is 19.8 Å². The van der Waals surface area contributed by atoms with E-state index in [1.54, 1.807) is 0 Å². The van der Waals surface area contributed by atoms with E-state index in [2.05, 4.69) is 30.3 Å². The number of benzene rings is 1. The number of hydrazone groups is 1. The van der Waals surface area contributed by atoms with Crippen molar-refractivity contribution in [2.24, 2.45) is 11.0 Å². The molecule has 2 aromatic rings. The number of aromatic nitrogens is 1. The van der Waals surface area contributed by atoms with Gasteiger partial charge in [0.25, 0.3) is 11.6 Å². The van der Waals surface area contributed by atoms with Crippen LogP contribution in [0.15, 0.2) is 23.3 Å². The first-order chi connectivity index (χ1) is 15.7. The molecule has 13 nitrogen and oxygen atoms in total. The molecule has 1 heterocycles. The van der Waals surface area contributed by atoms with Gasteiger partial charge in [0.2, 0.25) is 5.78 Å². The molecule has 1 aromatic carbocycles. The van der Waals surface area contributed by atoms with E-state index in [-0.39, 0.29) is 10.8 Å². The lowest BCUT2D eigenvalue weighted by atomic mass is 9.97. The van der Waals surface area contributed by atoms with Crippen LogP contribution in [0.1, 0.15) is 19.8 Å². The summed E-state index contributed by atoms with van der Waals surface area (Å²) in [5, 5.41) is 16.9. The normalized spacial score (nSPS) is 12.0. The summed E-state index contributed by atoms with van der Waals surface area (Å²) in [6.07, 6.45) is 1.52. The van der Waals surface area contributed by atoms with Crippen LogP contribution in [0.5, 0.6) is 0 Å². The van der Waals surface area contributed by atoms with E-state index in [0.717, 1.165) is 32.0 Å². The number of methoxy groups -OCH3 is 2. The van der Waals surface area contributed by atoms with E-state index < -0.39 is 40.2 Å². The summed E-state index contributed by atoms with van der Waals surface area (Å²) in [5.41, 5.74) is 2.12. The zero-order chi connectivity index (χ0) is 24.5. The van der Waals surface area contributed by atoms with Crippen molar-refractivity contribution in [3.05, 3.63) is 28.3 Å². The SMILES string of the molecule is CCCCN/N=C(/C(=O)OC)C(C(=O)OC)C(=O)C(=O)Nc1nc2ccc([N+](=O)[O-])cc2s1. The molecule has 0 saturated carbocycles. The molecule has 1 unspecified atom stereocenters. The summed E-state index contributed by atoms with van der Waals surface area (Å²) in [4.78, 5) is 64.3. The van der Waals surface area contributed by atoms with E-state index in [1.165, 1.54) is 18.2 Å². The van der Waals surface area contributed by atoms with Crippen molar-refractivity contribution in [2.75, 3.05) is 26.1 Å². The van der Waals surface area contributed by atoms with Gasteiger partial charge in [0.05, 0.1) is 29.4 Å². The van der Waals surface area contributed by atoms with E-state index >= 15 is 0 Å². The average molecular weight is 479 g/mol. The third-order valence-corrected chi connectivity index (χ3v) is 5.17. The van der Waals surface area contributed by atoms with Crippen molar-refractivity contribution >= 4 is 61.7 Å². The number of unbranched alkanes of at least 4 members (excludes halogenated alkanes) is 1. The molecule has 1 amide bonds. The highest BCUT2D eigenvalue weighted by molar-refractivity contribution is 7.22. The second kappa shape index (κ2) is 11.6. The minimum Gasteiger partial charge on any atom is -0.468 e. The molecule has 0 bridgehead atoms. The van der Waals surface area contributed by atoms with Gasteiger partial charge in [-0.3, -0.25) is 29.8 Å². The Morgan fingerprint density at radius 2 is 1.97 bits per heavy atom. The highest BCUT2D eigenvalue weighted by atomic mass is 32.1. The Hall–Kier alpha value is -3.94. The number of anilines is 1. The number of hydrogen-bond acceptors (Lipinski definition) is 12. The molecular weight excluding hydrogens is 458 g/mol. The van der Waals surface area contributed by atoms with Crippen molar-refractivity contribution < 1.29 is 33.6 Å². The van der Waals surface area contributed by atoms with Crippen LogP contribution in [-0.2, 0) is 28.7 Å². The molecule has 14 heteroatoms. The van der Waals surface area contributed by atoms with Crippen molar-refractivity contribution in [1.82, 2.24) is 10.4 Å². The fourth-order valence-corrected chi connectivity index (χ4v) is 3.45. The maximum absolute atomic E-state index is 12.8. The van der Waals surface area contributed by atoms with Crippen LogP contribution in [0.2, 0.25) is 0 Å². The number of carbonyl (C=O) groups excluding carboxylic acids is 4. The number of nitro groups is 1. The Bertz CT molecular complexity index is 1110. The van der Waals surface area contributed by atoms with Gasteiger partial charge in [-0.1, -0.05) is 24.7 Å². The zero-order valence-electron chi connectivity index (χ0n) is 17.9. The lowest BCUT2D eigenvalue weighted by Gasteiger charge is -2.14. The van der Waals surface area contributed by atoms with Crippen LogP contribution in [0.25, 0.3) is 10.2 Å².